The van der Waals surface area contributed by atoms with Crippen LogP contribution in [-0.2, 0) is 0 Å². The van der Waals surface area contributed by atoms with Gasteiger partial charge in [-0.05, 0) is 74.2 Å². The molecule has 0 atom stereocenters. The Labute approximate surface area is 197 Å². The van der Waals surface area contributed by atoms with E-state index in [9.17, 15) is 5.11 Å². The molecule has 4 rings (SSSR count). The number of ether oxygens (including phenoxy) is 1. The number of fused-ring (bicyclic) bond motifs is 1. The lowest BCUT2D eigenvalue weighted by Gasteiger charge is -2.17. The summed E-state index contributed by atoms with van der Waals surface area (Å²) in [6.07, 6.45) is 4.87. The summed E-state index contributed by atoms with van der Waals surface area (Å²) in [5.74, 6) is 0.939. The zero-order chi connectivity index (χ0) is 22.5. The van der Waals surface area contributed by atoms with Crippen LogP contribution >= 0.6 is 23.6 Å². The zero-order valence-corrected chi connectivity index (χ0v) is 20.0. The molecule has 7 heteroatoms. The van der Waals surface area contributed by atoms with Crippen molar-refractivity contribution in [3.8, 4) is 17.3 Å². The smallest absolute Gasteiger partial charge is 0.215 e. The summed E-state index contributed by atoms with van der Waals surface area (Å²) in [5.41, 5.74) is 1.61. The van der Waals surface area contributed by atoms with E-state index in [-0.39, 0.29) is 5.88 Å². The zero-order valence-electron chi connectivity index (χ0n) is 18.3. The lowest BCUT2D eigenvalue weighted by Crippen LogP contribution is -2.25. The van der Waals surface area contributed by atoms with Crippen molar-refractivity contribution in [1.29, 1.82) is 0 Å². The number of aromatic hydroxyl groups is 1. The minimum absolute atomic E-state index is 0.125. The first-order valence-electron chi connectivity index (χ1n) is 10.9. The molecule has 2 heterocycles. The minimum Gasteiger partial charge on any atom is -0.494 e. The van der Waals surface area contributed by atoms with E-state index < -0.39 is 0 Å². The van der Waals surface area contributed by atoms with Crippen LogP contribution in [0.1, 0.15) is 25.1 Å². The fraction of sp³-hybridized carbons (Fsp3) is 0.280. The Bertz CT molecular complexity index is 1250. The highest BCUT2D eigenvalue weighted by Gasteiger charge is 2.13. The number of rotatable bonds is 9. The average Bonchev–Trinajstić information content (AvgIpc) is 3.34. The van der Waals surface area contributed by atoms with Gasteiger partial charge in [-0.3, -0.25) is 4.57 Å². The largest absolute Gasteiger partial charge is 0.494 e. The van der Waals surface area contributed by atoms with Crippen molar-refractivity contribution in [2.75, 3.05) is 26.2 Å². The van der Waals surface area contributed by atoms with E-state index in [1.54, 1.807) is 4.57 Å². The van der Waals surface area contributed by atoms with Crippen LogP contribution < -0.4 is 15.3 Å². The maximum Gasteiger partial charge on any atom is 0.215 e. The van der Waals surface area contributed by atoms with Gasteiger partial charge < -0.3 is 14.7 Å². The molecular formula is C25H27N3O2S2. The molecule has 0 radical (unpaired) electrons. The van der Waals surface area contributed by atoms with E-state index in [0.717, 1.165) is 53.8 Å². The first-order chi connectivity index (χ1) is 15.6. The van der Waals surface area contributed by atoms with Crippen molar-refractivity contribution in [3.63, 3.8) is 0 Å². The molecule has 0 spiro atoms. The van der Waals surface area contributed by atoms with Crippen LogP contribution in [0.3, 0.4) is 0 Å². The highest BCUT2D eigenvalue weighted by Crippen LogP contribution is 2.32. The molecule has 3 aromatic rings. The summed E-state index contributed by atoms with van der Waals surface area (Å²) < 4.78 is 8.13. The van der Waals surface area contributed by atoms with Crippen molar-refractivity contribution in [2.45, 2.75) is 20.3 Å². The minimum atomic E-state index is 0.125. The van der Waals surface area contributed by atoms with Crippen LogP contribution in [0, 0.1) is 3.95 Å². The summed E-state index contributed by atoms with van der Waals surface area (Å²) in [7, 11) is 0. The third-order valence-corrected chi connectivity index (χ3v) is 6.77. The molecule has 0 fully saturated rings. The molecule has 1 aliphatic rings. The quantitative estimate of drug-likeness (QED) is 0.372. The molecule has 0 amide bonds. The van der Waals surface area contributed by atoms with E-state index >= 15 is 0 Å². The highest BCUT2D eigenvalue weighted by atomic mass is 32.1. The molecule has 32 heavy (non-hydrogen) atoms. The second kappa shape index (κ2) is 10.3. The van der Waals surface area contributed by atoms with Crippen LogP contribution in [-0.4, -0.2) is 40.8 Å². The highest BCUT2D eigenvalue weighted by molar-refractivity contribution is 7.73. The SMILES string of the molecule is CCN(CC)CCCOc1ccc(-n2c(O)c(/C=C3/C=c4ccccc4=N3)sc2=S)cc1. The molecule has 0 bridgehead atoms. The molecular weight excluding hydrogens is 438 g/mol. The van der Waals surface area contributed by atoms with Crippen molar-refractivity contribution in [3.05, 3.63) is 73.6 Å². The van der Waals surface area contributed by atoms with Crippen molar-refractivity contribution in [1.82, 2.24) is 9.47 Å². The second-order valence-electron chi connectivity index (χ2n) is 7.50. The van der Waals surface area contributed by atoms with Gasteiger partial charge >= 0.3 is 0 Å². The van der Waals surface area contributed by atoms with Gasteiger partial charge in [0.1, 0.15) is 5.75 Å². The third kappa shape index (κ3) is 5.01. The molecule has 1 aliphatic heterocycles. The van der Waals surface area contributed by atoms with Gasteiger partial charge in [-0.15, -0.1) is 11.3 Å². The standard InChI is InChI=1S/C25H27N3O2S2/c1-3-27(4-2)14-7-15-30-21-12-10-20(11-13-21)28-24(29)23(32-25(28)31)17-19-16-18-8-5-6-9-22(18)26-19/h5-6,8-13,16-17,29H,3-4,7,14-15H2,1-2H3/b19-17-. The van der Waals surface area contributed by atoms with Gasteiger partial charge in [0.05, 0.1) is 28.2 Å². The monoisotopic (exact) mass is 465 g/mol. The predicted molar refractivity (Wildman–Crippen MR) is 134 cm³/mol. The van der Waals surface area contributed by atoms with Crippen molar-refractivity contribution in [2.24, 2.45) is 4.99 Å². The fourth-order valence-electron chi connectivity index (χ4n) is 3.66. The molecule has 2 aromatic carbocycles. The van der Waals surface area contributed by atoms with Gasteiger partial charge in [0.15, 0.2) is 3.95 Å². The van der Waals surface area contributed by atoms with Crippen LogP contribution in [0.2, 0.25) is 0 Å². The summed E-state index contributed by atoms with van der Waals surface area (Å²) in [6.45, 7) is 8.20. The van der Waals surface area contributed by atoms with Gasteiger partial charge in [-0.1, -0.05) is 32.0 Å². The van der Waals surface area contributed by atoms with E-state index in [4.69, 9.17) is 17.0 Å². The molecule has 1 N–H and O–H groups in total. The Morgan fingerprint density at radius 1 is 1.12 bits per heavy atom. The van der Waals surface area contributed by atoms with Crippen LogP contribution in [0.25, 0.3) is 17.8 Å². The number of allylic oxidation sites excluding steroid dienone is 1. The fourth-order valence-corrected chi connectivity index (χ4v) is 4.96. The van der Waals surface area contributed by atoms with E-state index in [1.807, 2.05) is 60.7 Å². The molecule has 0 aliphatic carbocycles. The summed E-state index contributed by atoms with van der Waals surface area (Å²) >= 11 is 6.90. The van der Waals surface area contributed by atoms with Gasteiger partial charge in [-0.25, -0.2) is 4.99 Å². The van der Waals surface area contributed by atoms with Crippen LogP contribution in [0.4, 0.5) is 0 Å². The van der Waals surface area contributed by atoms with Crippen LogP contribution in [0.15, 0.2) is 59.2 Å². The molecule has 5 nitrogen and oxygen atoms in total. The van der Waals surface area contributed by atoms with Crippen molar-refractivity contribution >= 4 is 35.7 Å². The van der Waals surface area contributed by atoms with E-state index in [1.165, 1.54) is 11.3 Å². The predicted octanol–water partition coefficient (Wildman–Crippen LogP) is 4.54. The third-order valence-electron chi connectivity index (χ3n) is 5.46. The lowest BCUT2D eigenvalue weighted by molar-refractivity contribution is 0.249. The van der Waals surface area contributed by atoms with Gasteiger partial charge in [0.25, 0.3) is 0 Å². The Morgan fingerprint density at radius 3 is 2.59 bits per heavy atom. The Morgan fingerprint density at radius 2 is 1.88 bits per heavy atom. The topological polar surface area (TPSA) is 50.0 Å². The number of hydrogen-bond acceptors (Lipinski definition) is 6. The number of benzene rings is 2. The number of thiazole rings is 1. The normalized spacial score (nSPS) is 13.8. The van der Waals surface area contributed by atoms with E-state index in [2.05, 4.69) is 23.7 Å². The Hall–Kier alpha value is -2.74. The van der Waals surface area contributed by atoms with E-state index in [0.29, 0.717) is 15.4 Å². The number of aromatic nitrogens is 1. The molecule has 0 saturated carbocycles. The Balaban J connectivity index is 1.47. The summed E-state index contributed by atoms with van der Waals surface area (Å²) in [4.78, 5) is 7.68. The first kappa shape index (κ1) is 22.5. The number of hydrogen-bond donors (Lipinski definition) is 1. The number of para-hydroxylation sites is 1. The molecule has 1 aromatic heterocycles. The molecule has 0 unspecified atom stereocenters. The second-order valence-corrected chi connectivity index (χ2v) is 9.17. The van der Waals surface area contributed by atoms with Crippen LogP contribution in [0.5, 0.6) is 11.6 Å². The summed E-state index contributed by atoms with van der Waals surface area (Å²) in [6, 6.07) is 15.6. The Kier molecular flexibility index (Phi) is 7.19. The lowest BCUT2D eigenvalue weighted by atomic mass is 10.2. The maximum absolute atomic E-state index is 10.9. The molecule has 166 valence electrons. The van der Waals surface area contributed by atoms with Crippen molar-refractivity contribution < 1.29 is 9.84 Å². The average molecular weight is 466 g/mol. The summed E-state index contributed by atoms with van der Waals surface area (Å²) in [5, 5.41) is 12.9. The van der Waals surface area contributed by atoms with Gasteiger partial charge in [0.2, 0.25) is 5.88 Å². The maximum atomic E-state index is 10.9. The first-order valence-corrected chi connectivity index (χ1v) is 12.1. The number of nitrogens with zero attached hydrogens (tertiary/aromatic N) is 3. The van der Waals surface area contributed by atoms with Gasteiger partial charge in [-0.2, -0.15) is 0 Å². The van der Waals surface area contributed by atoms with Gasteiger partial charge in [0, 0.05) is 11.8 Å². The molecule has 0 saturated heterocycles.